The van der Waals surface area contributed by atoms with Crippen molar-refractivity contribution in [2.45, 2.75) is 6.92 Å². The zero-order valence-electron chi connectivity index (χ0n) is 12.8. The molecule has 0 saturated heterocycles. The minimum Gasteiger partial charge on any atom is -0.347 e. The minimum atomic E-state index is -0.909. The van der Waals surface area contributed by atoms with Crippen LogP contribution in [0.25, 0.3) is 5.57 Å². The summed E-state index contributed by atoms with van der Waals surface area (Å²) in [6.45, 7) is 1.15. The molecule has 2 aromatic rings. The van der Waals surface area contributed by atoms with E-state index in [1.54, 1.807) is 6.26 Å². The predicted octanol–water partition coefficient (Wildman–Crippen LogP) is 4.98. The number of carbonyl (C=O) groups is 1. The molecule has 2 nitrogen and oxygen atoms in total. The quantitative estimate of drug-likeness (QED) is 0.606. The van der Waals surface area contributed by atoms with Crippen molar-refractivity contribution >= 4 is 28.8 Å². The van der Waals surface area contributed by atoms with Crippen molar-refractivity contribution in [2.24, 2.45) is 0 Å². The maximum absolute atomic E-state index is 14.0. The molecular weight excluding hydrogens is 342 g/mol. The Morgan fingerprint density at radius 3 is 2.12 bits per heavy atom. The van der Waals surface area contributed by atoms with Gasteiger partial charge in [0.15, 0.2) is 5.78 Å². The molecule has 1 N–H and O–H groups in total. The second-order valence-corrected chi connectivity index (χ2v) is 5.63. The van der Waals surface area contributed by atoms with Crippen LogP contribution in [0, 0.1) is 23.3 Å². The molecule has 0 aromatic heterocycles. The average molecular weight is 355 g/mol. The highest BCUT2D eigenvalue weighted by atomic mass is 32.2. The molecular formula is C17H13F4NOS. The van der Waals surface area contributed by atoms with Gasteiger partial charge in [-0.15, -0.1) is 11.8 Å². The van der Waals surface area contributed by atoms with E-state index in [1.807, 2.05) is 0 Å². The van der Waals surface area contributed by atoms with Crippen molar-refractivity contribution in [3.05, 3.63) is 70.3 Å². The molecule has 0 aliphatic carbocycles. The number of ketones is 1. The summed E-state index contributed by atoms with van der Waals surface area (Å²) in [6.07, 6.45) is 1.56. The van der Waals surface area contributed by atoms with Gasteiger partial charge >= 0.3 is 0 Å². The number of nitrogens with one attached hydrogen (secondary N) is 1. The van der Waals surface area contributed by atoms with Crippen LogP contribution in [-0.4, -0.2) is 12.0 Å². The first-order chi connectivity index (χ1) is 11.3. The highest BCUT2D eigenvalue weighted by Gasteiger charge is 2.22. The number of anilines is 1. The molecule has 0 bridgehead atoms. The Kier molecular flexibility index (Phi) is 5.66. The molecule has 0 fully saturated rings. The molecule has 0 spiro atoms. The fourth-order valence-corrected chi connectivity index (χ4v) is 2.78. The monoisotopic (exact) mass is 355 g/mol. The lowest BCUT2D eigenvalue weighted by Crippen LogP contribution is -2.10. The Morgan fingerprint density at radius 2 is 1.62 bits per heavy atom. The van der Waals surface area contributed by atoms with E-state index in [9.17, 15) is 22.4 Å². The van der Waals surface area contributed by atoms with Gasteiger partial charge in [0.2, 0.25) is 0 Å². The van der Waals surface area contributed by atoms with Gasteiger partial charge in [-0.25, -0.2) is 17.6 Å². The smallest absolute Gasteiger partial charge is 0.163 e. The number of carbonyl (C=O) groups excluding carboxylic acids is 1. The maximum atomic E-state index is 14.0. The third-order valence-corrected chi connectivity index (χ3v) is 3.89. The van der Waals surface area contributed by atoms with Gasteiger partial charge < -0.3 is 5.32 Å². The van der Waals surface area contributed by atoms with Gasteiger partial charge in [-0.1, -0.05) is 6.07 Å². The van der Waals surface area contributed by atoms with Crippen LogP contribution in [0.2, 0.25) is 0 Å². The maximum Gasteiger partial charge on any atom is 0.163 e. The van der Waals surface area contributed by atoms with Crippen molar-refractivity contribution < 1.29 is 22.4 Å². The number of benzene rings is 2. The summed E-state index contributed by atoms with van der Waals surface area (Å²) < 4.78 is 54.9. The van der Waals surface area contributed by atoms with Crippen molar-refractivity contribution in [1.29, 1.82) is 0 Å². The van der Waals surface area contributed by atoms with Gasteiger partial charge in [0.25, 0.3) is 0 Å². The minimum absolute atomic E-state index is 0.0528. The second kappa shape index (κ2) is 7.53. The number of hydrogen-bond donors (Lipinski definition) is 1. The van der Waals surface area contributed by atoms with Crippen LogP contribution in [0.1, 0.15) is 12.5 Å². The first-order valence-electron chi connectivity index (χ1n) is 6.80. The van der Waals surface area contributed by atoms with E-state index in [-0.39, 0.29) is 16.3 Å². The third kappa shape index (κ3) is 3.79. The fraction of sp³-hybridized carbons (Fsp3) is 0.118. The van der Waals surface area contributed by atoms with Gasteiger partial charge in [0, 0.05) is 6.07 Å². The van der Waals surface area contributed by atoms with Crippen molar-refractivity contribution in [3.63, 3.8) is 0 Å². The van der Waals surface area contributed by atoms with Crippen LogP contribution in [0.15, 0.2) is 41.4 Å². The summed E-state index contributed by atoms with van der Waals surface area (Å²) in [5.41, 5.74) is -0.859. The number of rotatable bonds is 5. The molecule has 0 aliphatic heterocycles. The van der Waals surface area contributed by atoms with E-state index < -0.39 is 34.6 Å². The Hall–Kier alpha value is -2.28. The zero-order chi connectivity index (χ0) is 17.9. The van der Waals surface area contributed by atoms with E-state index in [0.29, 0.717) is 6.07 Å². The van der Waals surface area contributed by atoms with Gasteiger partial charge in [-0.3, -0.25) is 4.79 Å². The summed E-state index contributed by atoms with van der Waals surface area (Å²) in [5.74, 6) is -4.07. The largest absolute Gasteiger partial charge is 0.347 e. The summed E-state index contributed by atoms with van der Waals surface area (Å²) >= 11 is 0.980. The molecule has 7 heteroatoms. The van der Waals surface area contributed by atoms with Crippen LogP contribution in [0.4, 0.5) is 23.2 Å². The first kappa shape index (κ1) is 18.1. The number of Topliss-reactive ketones (excluding diaryl/α,β-unsaturated/α-hetero) is 1. The molecule has 0 unspecified atom stereocenters. The number of halogens is 4. The van der Waals surface area contributed by atoms with Crippen LogP contribution >= 0.6 is 11.8 Å². The van der Waals surface area contributed by atoms with Gasteiger partial charge in [0.1, 0.15) is 23.3 Å². The lowest BCUT2D eigenvalue weighted by atomic mass is 10.0. The van der Waals surface area contributed by atoms with E-state index in [0.717, 1.165) is 43.0 Å². The fourth-order valence-electron chi connectivity index (χ4n) is 2.11. The topological polar surface area (TPSA) is 29.1 Å². The molecule has 2 aromatic carbocycles. The van der Waals surface area contributed by atoms with E-state index in [1.165, 1.54) is 6.07 Å². The molecule has 0 heterocycles. The van der Waals surface area contributed by atoms with Gasteiger partial charge in [0.05, 0.1) is 21.9 Å². The van der Waals surface area contributed by atoms with Crippen LogP contribution in [-0.2, 0) is 4.79 Å². The first-order valence-corrected chi connectivity index (χ1v) is 8.03. The normalized spacial score (nSPS) is 11.9. The Balaban J connectivity index is 2.61. The number of thioether (sulfide) groups is 1. The molecule has 2 rings (SSSR count). The highest BCUT2D eigenvalue weighted by molar-refractivity contribution is 8.02. The third-order valence-electron chi connectivity index (χ3n) is 3.18. The number of hydrogen-bond acceptors (Lipinski definition) is 3. The van der Waals surface area contributed by atoms with Crippen LogP contribution in [0.5, 0.6) is 0 Å². The summed E-state index contributed by atoms with van der Waals surface area (Å²) in [4.78, 5) is 12.0. The van der Waals surface area contributed by atoms with Crippen LogP contribution in [0.3, 0.4) is 0 Å². The summed E-state index contributed by atoms with van der Waals surface area (Å²) in [6, 6.07) is 6.06. The van der Waals surface area contributed by atoms with E-state index >= 15 is 0 Å². The van der Waals surface area contributed by atoms with Crippen molar-refractivity contribution in [3.8, 4) is 0 Å². The molecule has 0 radical (unpaired) electrons. The van der Waals surface area contributed by atoms with Gasteiger partial charge in [-0.05, 0) is 37.4 Å². The van der Waals surface area contributed by atoms with E-state index in [2.05, 4.69) is 5.32 Å². The molecule has 0 aliphatic rings. The Labute approximate surface area is 140 Å². The lowest BCUT2D eigenvalue weighted by molar-refractivity contribution is -0.111. The van der Waals surface area contributed by atoms with Crippen LogP contribution < -0.4 is 5.32 Å². The summed E-state index contributed by atoms with van der Waals surface area (Å²) in [5, 5.41) is 2.66. The second-order valence-electron chi connectivity index (χ2n) is 4.81. The molecule has 126 valence electrons. The Bertz CT molecular complexity index is 800. The predicted molar refractivity (Wildman–Crippen MR) is 87.5 cm³/mol. The standard InChI is InChI=1S/C17H13F4NOS/c1-9(23)15(16-11(19)4-3-5-12(16)20)17(24-2)22-14-7-6-10(18)8-13(14)21/h3-8,22H,1-2H3. The average Bonchev–Trinajstić information content (AvgIpc) is 2.51. The van der Waals surface area contributed by atoms with Gasteiger partial charge in [-0.2, -0.15) is 0 Å². The molecule has 0 saturated carbocycles. The molecule has 0 amide bonds. The highest BCUT2D eigenvalue weighted by Crippen LogP contribution is 2.31. The summed E-state index contributed by atoms with van der Waals surface area (Å²) in [7, 11) is 0. The van der Waals surface area contributed by atoms with Crippen molar-refractivity contribution in [1.82, 2.24) is 0 Å². The zero-order valence-corrected chi connectivity index (χ0v) is 13.6. The lowest BCUT2D eigenvalue weighted by Gasteiger charge is -2.15. The SMILES string of the molecule is CSC(Nc1ccc(F)cc1F)=C(C(C)=O)c1c(F)cccc1F. The molecule has 0 atom stereocenters. The van der Waals surface area contributed by atoms with E-state index in [4.69, 9.17) is 0 Å². The number of allylic oxidation sites excluding steroid dienone is 1. The van der Waals surface area contributed by atoms with Crippen molar-refractivity contribution in [2.75, 3.05) is 11.6 Å². The molecule has 24 heavy (non-hydrogen) atoms. The Morgan fingerprint density at radius 1 is 1.00 bits per heavy atom.